The highest BCUT2D eigenvalue weighted by Gasteiger charge is 2.16. The highest BCUT2D eigenvalue weighted by molar-refractivity contribution is 6.08. The van der Waals surface area contributed by atoms with Crippen LogP contribution in [0.5, 0.6) is 0 Å². The number of rotatable bonds is 0. The lowest BCUT2D eigenvalue weighted by Gasteiger charge is -2.18. The summed E-state index contributed by atoms with van der Waals surface area (Å²) in [6.07, 6.45) is 2.34. The second-order valence-electron chi connectivity index (χ2n) is 4.59. The molecule has 2 heterocycles. The van der Waals surface area contributed by atoms with Crippen LogP contribution in [0.15, 0.2) is 40.8 Å². The van der Waals surface area contributed by atoms with E-state index >= 15 is 0 Å². The van der Waals surface area contributed by atoms with Crippen molar-refractivity contribution >= 4 is 27.6 Å². The molecule has 2 aromatic carbocycles. The molecule has 0 aliphatic carbocycles. The van der Waals surface area contributed by atoms with Gasteiger partial charge in [-0.25, -0.2) is 0 Å². The van der Waals surface area contributed by atoms with Gasteiger partial charge in [0, 0.05) is 23.0 Å². The van der Waals surface area contributed by atoms with Crippen molar-refractivity contribution in [1.29, 1.82) is 0 Å². The van der Waals surface area contributed by atoms with E-state index in [1.54, 1.807) is 0 Å². The Balaban J connectivity index is 2.20. The first-order valence-electron chi connectivity index (χ1n) is 6.10. The first-order valence-corrected chi connectivity index (χ1v) is 6.10. The summed E-state index contributed by atoms with van der Waals surface area (Å²) < 4.78 is 5.89. The van der Waals surface area contributed by atoms with Gasteiger partial charge in [-0.3, -0.25) is 0 Å². The molecule has 2 nitrogen and oxygen atoms in total. The van der Waals surface area contributed by atoms with Crippen molar-refractivity contribution in [3.8, 4) is 0 Å². The van der Waals surface area contributed by atoms with E-state index in [2.05, 4.69) is 29.6 Å². The summed E-state index contributed by atoms with van der Waals surface area (Å²) in [6.45, 7) is 1.08. The SMILES string of the molecule is c1ccc2c(c1)oc1ccc3c(c12)CCCN3. The van der Waals surface area contributed by atoms with Crippen LogP contribution in [0.3, 0.4) is 0 Å². The molecule has 0 saturated carbocycles. The molecule has 0 saturated heterocycles. The fourth-order valence-electron chi connectivity index (χ4n) is 2.80. The number of para-hydroxylation sites is 1. The lowest BCUT2D eigenvalue weighted by Crippen LogP contribution is -2.11. The van der Waals surface area contributed by atoms with Crippen LogP contribution in [0.4, 0.5) is 5.69 Å². The van der Waals surface area contributed by atoms with E-state index in [0.29, 0.717) is 0 Å². The third kappa shape index (κ3) is 1.21. The van der Waals surface area contributed by atoms with E-state index in [4.69, 9.17) is 4.42 Å². The summed E-state index contributed by atoms with van der Waals surface area (Å²) in [5, 5.41) is 6.00. The van der Waals surface area contributed by atoms with E-state index in [-0.39, 0.29) is 0 Å². The summed E-state index contributed by atoms with van der Waals surface area (Å²) in [4.78, 5) is 0. The molecule has 1 N–H and O–H groups in total. The van der Waals surface area contributed by atoms with E-state index in [1.165, 1.54) is 28.4 Å². The summed E-state index contributed by atoms with van der Waals surface area (Å²) in [5.41, 5.74) is 4.68. The van der Waals surface area contributed by atoms with Gasteiger partial charge >= 0.3 is 0 Å². The molecule has 0 radical (unpaired) electrons. The minimum absolute atomic E-state index is 0.987. The Kier molecular flexibility index (Phi) is 1.75. The standard InChI is InChI=1S/C15H13NO/c1-2-6-13-11(4-1)15-10-5-3-9-16-12(10)7-8-14(15)17-13/h1-2,4,6-8,16H,3,5,9H2. The van der Waals surface area contributed by atoms with E-state index < -0.39 is 0 Å². The highest BCUT2D eigenvalue weighted by Crippen LogP contribution is 2.36. The third-order valence-electron chi connectivity index (χ3n) is 3.57. The van der Waals surface area contributed by atoms with Crippen molar-refractivity contribution in [3.63, 3.8) is 0 Å². The fourth-order valence-corrected chi connectivity index (χ4v) is 2.80. The fraction of sp³-hybridized carbons (Fsp3) is 0.200. The molecule has 84 valence electrons. The monoisotopic (exact) mass is 223 g/mol. The van der Waals surface area contributed by atoms with Crippen molar-refractivity contribution in [3.05, 3.63) is 42.0 Å². The van der Waals surface area contributed by atoms with Gasteiger partial charge in [0.1, 0.15) is 11.2 Å². The number of furan rings is 1. The number of benzene rings is 2. The Labute approximate surface area is 99.2 Å². The van der Waals surface area contributed by atoms with Crippen LogP contribution in [0.1, 0.15) is 12.0 Å². The molecule has 0 unspecified atom stereocenters. The summed E-state index contributed by atoms with van der Waals surface area (Å²) >= 11 is 0. The zero-order valence-electron chi connectivity index (χ0n) is 9.49. The Bertz CT molecular complexity index is 711. The summed E-state index contributed by atoms with van der Waals surface area (Å²) in [5.74, 6) is 0. The molecule has 0 fully saturated rings. The average Bonchev–Trinajstić information content (AvgIpc) is 2.77. The molecule has 0 spiro atoms. The van der Waals surface area contributed by atoms with Gasteiger partial charge in [-0.15, -0.1) is 0 Å². The van der Waals surface area contributed by atoms with E-state index in [1.807, 2.05) is 12.1 Å². The number of hydrogen-bond acceptors (Lipinski definition) is 2. The second kappa shape index (κ2) is 3.27. The van der Waals surface area contributed by atoms with Gasteiger partial charge in [-0.05, 0) is 36.6 Å². The summed E-state index contributed by atoms with van der Waals surface area (Å²) in [7, 11) is 0. The number of hydrogen-bond donors (Lipinski definition) is 1. The van der Waals surface area contributed by atoms with Gasteiger partial charge in [0.15, 0.2) is 0 Å². The quantitative estimate of drug-likeness (QED) is 0.624. The molecule has 4 rings (SSSR count). The van der Waals surface area contributed by atoms with Crippen LogP contribution in [0.2, 0.25) is 0 Å². The number of nitrogens with one attached hydrogen (secondary N) is 1. The maximum absolute atomic E-state index is 5.89. The van der Waals surface area contributed by atoms with Crippen molar-refractivity contribution in [2.24, 2.45) is 0 Å². The zero-order valence-corrected chi connectivity index (χ0v) is 9.49. The molecule has 0 amide bonds. The molecule has 2 heteroatoms. The first-order chi connectivity index (χ1) is 8.43. The number of anilines is 1. The lowest BCUT2D eigenvalue weighted by atomic mass is 9.98. The molecule has 1 aliphatic heterocycles. The van der Waals surface area contributed by atoms with Crippen molar-refractivity contribution < 1.29 is 4.42 Å². The van der Waals surface area contributed by atoms with E-state index in [0.717, 1.165) is 24.1 Å². The highest BCUT2D eigenvalue weighted by atomic mass is 16.3. The maximum Gasteiger partial charge on any atom is 0.135 e. The second-order valence-corrected chi connectivity index (χ2v) is 4.59. The Morgan fingerprint density at radius 2 is 1.94 bits per heavy atom. The zero-order chi connectivity index (χ0) is 11.2. The van der Waals surface area contributed by atoms with Crippen molar-refractivity contribution in [1.82, 2.24) is 0 Å². The van der Waals surface area contributed by atoms with Crippen LogP contribution in [0, 0.1) is 0 Å². The maximum atomic E-state index is 5.89. The smallest absolute Gasteiger partial charge is 0.135 e. The predicted molar refractivity (Wildman–Crippen MR) is 70.5 cm³/mol. The van der Waals surface area contributed by atoms with Gasteiger partial charge < -0.3 is 9.73 Å². The Morgan fingerprint density at radius 3 is 2.94 bits per heavy atom. The number of fused-ring (bicyclic) bond motifs is 5. The van der Waals surface area contributed by atoms with Crippen LogP contribution in [-0.2, 0) is 6.42 Å². The Morgan fingerprint density at radius 1 is 1.00 bits per heavy atom. The minimum Gasteiger partial charge on any atom is -0.456 e. The molecule has 1 aliphatic rings. The molecule has 1 aromatic heterocycles. The molecular formula is C15H13NO. The number of aryl methyl sites for hydroxylation is 1. The third-order valence-corrected chi connectivity index (χ3v) is 3.57. The van der Waals surface area contributed by atoms with E-state index in [9.17, 15) is 0 Å². The summed E-state index contributed by atoms with van der Waals surface area (Å²) in [6, 6.07) is 12.5. The Hall–Kier alpha value is -1.96. The van der Waals surface area contributed by atoms with Gasteiger partial charge in [-0.2, -0.15) is 0 Å². The lowest BCUT2D eigenvalue weighted by molar-refractivity contribution is 0.668. The molecule has 0 bridgehead atoms. The average molecular weight is 223 g/mol. The van der Waals surface area contributed by atoms with Crippen molar-refractivity contribution in [2.75, 3.05) is 11.9 Å². The first kappa shape index (κ1) is 9.11. The molecule has 17 heavy (non-hydrogen) atoms. The molecular weight excluding hydrogens is 210 g/mol. The van der Waals surface area contributed by atoms with Gasteiger partial charge in [-0.1, -0.05) is 18.2 Å². The van der Waals surface area contributed by atoms with Gasteiger partial charge in [0.25, 0.3) is 0 Å². The van der Waals surface area contributed by atoms with Gasteiger partial charge in [0.2, 0.25) is 0 Å². The van der Waals surface area contributed by atoms with Gasteiger partial charge in [0.05, 0.1) is 0 Å². The molecule has 0 atom stereocenters. The molecule has 3 aromatic rings. The largest absolute Gasteiger partial charge is 0.456 e. The van der Waals surface area contributed by atoms with Crippen LogP contribution >= 0.6 is 0 Å². The van der Waals surface area contributed by atoms with Crippen molar-refractivity contribution in [2.45, 2.75) is 12.8 Å². The predicted octanol–water partition coefficient (Wildman–Crippen LogP) is 3.94. The minimum atomic E-state index is 0.987. The van der Waals surface area contributed by atoms with Crippen LogP contribution in [0.25, 0.3) is 21.9 Å². The van der Waals surface area contributed by atoms with Crippen LogP contribution < -0.4 is 5.32 Å². The topological polar surface area (TPSA) is 25.2 Å². The van der Waals surface area contributed by atoms with Crippen LogP contribution in [-0.4, -0.2) is 6.54 Å². The normalized spacial score (nSPS) is 14.8.